The van der Waals surface area contributed by atoms with Crippen LogP contribution in [0.1, 0.15) is 44.9 Å². The molecule has 0 aromatic rings. The van der Waals surface area contributed by atoms with Crippen LogP contribution >= 0.6 is 94.1 Å². The first kappa shape index (κ1) is 136. The number of aliphatic hydroxyl groups excluding tert-OH is 16. The van der Waals surface area contributed by atoms with Gasteiger partial charge in [0.05, 0.1) is 69.0 Å². The van der Waals surface area contributed by atoms with E-state index in [2.05, 4.69) is 0 Å². The molecule has 30 fully saturated rings. The van der Waals surface area contributed by atoms with E-state index in [-0.39, 0.29) is 277 Å². The fourth-order valence-corrected chi connectivity index (χ4v) is 22.4. The first-order chi connectivity index (χ1) is 61.4. The Labute approximate surface area is 969 Å². The monoisotopic (exact) mass is 2170 g/mol. The van der Waals surface area contributed by atoms with Crippen molar-refractivity contribution in [3.63, 3.8) is 0 Å². The van der Waals surface area contributed by atoms with Gasteiger partial charge in [-0.05, 0) is 73.0 Å². The van der Waals surface area contributed by atoms with Gasteiger partial charge in [-0.15, -0.1) is 0 Å². The topological polar surface area (TPSA) is 765 Å². The van der Waals surface area contributed by atoms with Gasteiger partial charge in [0.1, 0.15) is 146 Å². The quantitative estimate of drug-likeness (QED) is 0.0117. The Kier molecular flexibility index (Phi) is 69.3. The first-order valence-corrected chi connectivity index (χ1v) is 49.9. The molecule has 0 aliphatic carbocycles. The summed E-state index contributed by atoms with van der Waals surface area (Å²) in [5, 5.41) is 265. The fraction of sp³-hybridized carbons (Fsp3) is 0.890. The molecule has 0 unspecified atom stereocenters. The fourth-order valence-electron chi connectivity index (χ4n) is 14.7. The van der Waals surface area contributed by atoms with Crippen LogP contribution in [-0.4, -0.2) is 481 Å². The Morgan fingerprint density at radius 3 is 0.507 bits per heavy atom. The molecule has 742 valence electrons. The zero-order valence-corrected chi connectivity index (χ0v) is 96.1. The molecule has 30 saturated heterocycles. The predicted molar refractivity (Wildman–Crippen MR) is 429 cm³/mol. The average Bonchev–Trinajstić information content (AvgIpc) is 0.769. The third-order valence-electron chi connectivity index (χ3n) is 21.5. The summed E-state index contributed by atoms with van der Waals surface area (Å²) in [7, 11) is 1.11. The van der Waals surface area contributed by atoms with Crippen LogP contribution in [-0.2, 0) is 124 Å². The van der Waals surface area contributed by atoms with Crippen molar-refractivity contribution in [3.05, 3.63) is 0 Å². The van der Waals surface area contributed by atoms with E-state index >= 15 is 0 Å². The smallest absolute Gasteiger partial charge is 0.652 e. The van der Waals surface area contributed by atoms with E-state index in [1.54, 1.807) is 0 Å². The van der Waals surface area contributed by atoms with Crippen molar-refractivity contribution in [2.45, 2.75) is 291 Å². The van der Waals surface area contributed by atoms with Crippen LogP contribution in [0.3, 0.4) is 0 Å². The molecular formula is C73H107Na7O48S8. The number of hydrogen-bond acceptors (Lipinski definition) is 56. The molecular weight excluding hydrogens is 2060 g/mol. The second-order valence-corrected chi connectivity index (χ2v) is 39.8. The van der Waals surface area contributed by atoms with E-state index in [1.165, 1.54) is 6.47 Å². The molecule has 136 heavy (non-hydrogen) atoms. The van der Waals surface area contributed by atoms with Crippen LogP contribution in [0.15, 0.2) is 0 Å². The Morgan fingerprint density at radius 2 is 0.375 bits per heavy atom. The summed E-state index contributed by atoms with van der Waals surface area (Å²) in [4.78, 5) is 93.6. The molecule has 0 saturated carbocycles. The molecule has 0 radical (unpaired) electrons. The molecule has 0 aromatic carbocycles. The molecule has 48 nitrogen and oxygen atoms in total. The summed E-state index contributed by atoms with van der Waals surface area (Å²) in [5.74, 6) is -14.3. The van der Waals surface area contributed by atoms with Crippen LogP contribution in [0.4, 0.5) is 0 Å². The maximum Gasteiger partial charge on any atom is 1.00 e. The number of methoxy groups -OCH3 is 1. The van der Waals surface area contributed by atoms with Crippen LogP contribution in [0.5, 0.6) is 0 Å². The molecule has 0 spiro atoms. The van der Waals surface area contributed by atoms with Gasteiger partial charge in [-0.3, -0.25) is 4.79 Å². The molecule has 63 heteroatoms. The van der Waals surface area contributed by atoms with Gasteiger partial charge in [-0.25, -0.2) is 0 Å². The number of carbonyl (C=O) groups is 7. The summed E-state index contributed by atoms with van der Waals surface area (Å²) >= 11 is 6.95. The van der Waals surface area contributed by atoms with Crippen LogP contribution in [0, 0.1) is 0 Å². The van der Waals surface area contributed by atoms with Crippen molar-refractivity contribution >= 4 is 142 Å². The summed E-state index contributed by atoms with van der Waals surface area (Å²) in [6.07, 6.45) is -86.3. The largest absolute Gasteiger partial charge is 1.00 e. The molecule has 16 bridgehead atoms. The van der Waals surface area contributed by atoms with Gasteiger partial charge in [0, 0.05) is 93.3 Å². The number of aliphatic hydroxyl groups is 16. The van der Waals surface area contributed by atoms with Gasteiger partial charge in [0.15, 0.2) is 50.3 Å². The van der Waals surface area contributed by atoms with Gasteiger partial charge in [-0.2, -0.15) is 94.1 Å². The van der Waals surface area contributed by atoms with Crippen molar-refractivity contribution in [3.8, 4) is 0 Å². The van der Waals surface area contributed by atoms with Crippen molar-refractivity contribution < 1.29 is 443 Å². The average molecular weight is 2170 g/mol. The number of carboxylic acids is 6. The van der Waals surface area contributed by atoms with E-state index in [4.69, 9.17) is 85.3 Å². The maximum absolute atomic E-state index is 12.4. The van der Waals surface area contributed by atoms with E-state index in [0.29, 0.717) is 0 Å². The third kappa shape index (κ3) is 40.3. The Balaban J connectivity index is 0.00000894. The second kappa shape index (κ2) is 69.1. The summed E-state index contributed by atoms with van der Waals surface area (Å²) in [6.45, 7) is 0.973. The number of aliphatic carboxylic acids is 6. The predicted octanol–water partition coefficient (Wildman–Crippen LogP) is -37.0. The van der Waals surface area contributed by atoms with Gasteiger partial charge < -0.3 is 231 Å². The molecule has 30 rings (SSSR count). The minimum atomic E-state index is -2.35. The molecule has 30 aliphatic heterocycles. The molecule has 30 aliphatic rings. The molecule has 30 heterocycles. The van der Waals surface area contributed by atoms with E-state index in [0.717, 1.165) is 101 Å². The van der Waals surface area contributed by atoms with Gasteiger partial charge in [-0.1, -0.05) is 6.47 Å². The number of ether oxygens (including phenoxy) is 18. The van der Waals surface area contributed by atoms with Crippen LogP contribution < -0.4 is 238 Å². The minimum absolute atomic E-state index is 0. The third-order valence-corrected chi connectivity index (χ3v) is 29.9. The second-order valence-electron chi connectivity index (χ2n) is 30.6. The standard InChI is InChI=1S/C73H113O48S8.7Na/c1-104-41(87)8-16-128-24-33-64-48(94)56(102)72(112-33)118-62-30(21-125-13-5-38(81)82)108-68(52(98)44(62)90)115-59-27(18-122-10-2-35(75)76)106-66(50(96)42(59)88)114-58-28(19-123-11-3-36(77)78)107-67(51(97)43(58)89)117-61-31(22-126-14-6-39(83)84)111-71(55(101)47(61)93)121-65-34(25-129-17-9-105-26-74)113-73(57(103)49(65)95)119-63-32(23-127-15-7-40(85)86)109-69(53(99)46(63)92)116-60-29(20-124-12-4-37(79)80)110-70(120-64)54(100)45(60)91;;;;;;;/h27-34,42-73,88-103H,2-25H2,1H3,(H,75,76)(H,77,78)(H,79,80)(H,81,82)(H,83,84)(H,85,86);;;;;;;/q-1;7*+1/p-6/t27-,28-,29-,30-,31-,32-,33-,34-,42-,43-,44-,45-,46-,47-,48-,49-,50-,51-,52-,53-,54-,55-,56-,57-,58-,59-,60-,61-,62-,63-,64-,65-,66-,67-,68-,69-,70-,71-,72-,73-;;;;;;;/m1......./s1. The van der Waals surface area contributed by atoms with E-state index in [1.807, 2.05) is 0 Å². The van der Waals surface area contributed by atoms with Gasteiger partial charge >= 0.3 is 213 Å². The van der Waals surface area contributed by atoms with E-state index < -0.39 is 360 Å². The number of carboxylic acid groups (broad SMARTS) is 6. The maximum atomic E-state index is 12.4. The molecule has 0 aromatic heterocycles. The number of carbonyl (C=O) groups excluding carboxylic acids is 8. The van der Waals surface area contributed by atoms with Gasteiger partial charge in [0.2, 0.25) is 0 Å². The number of hydrogen-bond donors (Lipinski definition) is 16. The minimum Gasteiger partial charge on any atom is -0.652 e. The van der Waals surface area contributed by atoms with E-state index in [9.17, 15) is 151 Å². The normalized spacial score (nSPS) is 39.1. The van der Waals surface area contributed by atoms with Crippen molar-refractivity contribution in [1.29, 1.82) is 0 Å². The zero-order chi connectivity index (χ0) is 94.2. The number of thioether (sulfide) groups is 8. The van der Waals surface area contributed by atoms with Crippen molar-refractivity contribution in [1.82, 2.24) is 0 Å². The van der Waals surface area contributed by atoms with Crippen molar-refractivity contribution in [2.75, 3.05) is 106 Å². The van der Waals surface area contributed by atoms with Gasteiger partial charge in [0.25, 0.3) is 0 Å². The molecule has 0 amide bonds. The molecule has 40 atom stereocenters. The molecule has 16 N–H and O–H groups in total. The Hall–Kier alpha value is 4.28. The first-order valence-electron chi connectivity index (χ1n) is 40.7. The summed E-state index contributed by atoms with van der Waals surface area (Å²) in [5.41, 5.74) is 0. The van der Waals surface area contributed by atoms with Crippen molar-refractivity contribution in [2.24, 2.45) is 0 Å². The zero-order valence-electron chi connectivity index (χ0n) is 75.5. The van der Waals surface area contributed by atoms with Crippen LogP contribution in [0.25, 0.3) is 0 Å². The summed E-state index contributed by atoms with van der Waals surface area (Å²) < 4.78 is 110. The Morgan fingerprint density at radius 1 is 0.235 bits per heavy atom. The summed E-state index contributed by atoms with van der Waals surface area (Å²) in [6, 6.07) is 0. The Bertz CT molecular complexity index is 3480. The SMILES string of the molecule is COC(=O)CCSC[C@H]1O[C@@H]2O[C@H]3[C@H](O)[C@@H](O)[C@@H](O[C@H]4[C@H](O)[C@@H](O)[C@@H](O[C@H]5[C@H](O)[C@@H](O)[C@@H](O[C@H]6[C@H](O)[C@@H](O)[C@@H](O[C@H]7[C@H](O)[C@@H](O)[C@@H](O[C@H]8[C@H](O)[C@@H](O)[C@@H](O[C@H]9[C@H](O)[C@@H](O)[C@@H](O[C@H]1[C@H](O)[C@H]2O)O[C@@H]9CSCCC(=O)[O-])O[C@@H]8CSCCC(=O)[O-])O[C@@H]7CSCCO[C-]=O)O[C@@H]6CSCCC(=O)[O-])O[C@@H]5CSCCC(=O)[O-])O[C@@H]4CSCCC(=O)[O-])O[C@@H]3CSCCC(=O)[O-].[Na+].[Na+].[Na+].[Na+].[Na+].[Na+].[Na+]. The number of esters is 1. The number of rotatable bonds is 41. The van der Waals surface area contributed by atoms with Crippen LogP contribution in [0.2, 0.25) is 0 Å².